The van der Waals surface area contributed by atoms with Crippen molar-refractivity contribution in [1.82, 2.24) is 14.7 Å². The zero-order valence-corrected chi connectivity index (χ0v) is 15.9. The molecule has 0 aromatic heterocycles. The van der Waals surface area contributed by atoms with Crippen LogP contribution in [-0.2, 0) is 9.59 Å². The third-order valence-corrected chi connectivity index (χ3v) is 5.42. The molecule has 0 bridgehead atoms. The molecular weight excluding hydrogens is 352 g/mol. The van der Waals surface area contributed by atoms with Gasteiger partial charge in [0, 0.05) is 52.2 Å². The van der Waals surface area contributed by atoms with Crippen LogP contribution in [0.1, 0.15) is 19.3 Å². The quantitative estimate of drug-likeness (QED) is 0.821. The highest BCUT2D eigenvalue weighted by molar-refractivity contribution is 6.33. The van der Waals surface area contributed by atoms with Crippen LogP contribution in [0.15, 0.2) is 24.3 Å². The van der Waals surface area contributed by atoms with Crippen molar-refractivity contribution in [3.05, 3.63) is 29.3 Å². The van der Waals surface area contributed by atoms with Gasteiger partial charge in [-0.1, -0.05) is 23.7 Å². The lowest BCUT2D eigenvalue weighted by Gasteiger charge is -2.34. The number of carbonyl (C=O) groups excluding carboxylic acids is 2. The van der Waals surface area contributed by atoms with Crippen LogP contribution in [0, 0.1) is 0 Å². The molecule has 2 saturated heterocycles. The number of carbonyl (C=O) groups is 2. The van der Waals surface area contributed by atoms with Crippen molar-refractivity contribution in [3.8, 4) is 0 Å². The summed E-state index contributed by atoms with van der Waals surface area (Å²) in [6, 6.07) is 7.26. The first-order chi connectivity index (χ1) is 12.6. The van der Waals surface area contributed by atoms with Gasteiger partial charge < -0.3 is 15.1 Å². The highest BCUT2D eigenvalue weighted by Crippen LogP contribution is 2.20. The zero-order valence-electron chi connectivity index (χ0n) is 15.1. The Morgan fingerprint density at radius 2 is 1.62 bits per heavy atom. The molecule has 0 atom stereocenters. The molecule has 3 rings (SSSR count). The van der Waals surface area contributed by atoms with Crippen LogP contribution < -0.4 is 5.32 Å². The number of hydrogen-bond donors (Lipinski definition) is 1. The Bertz CT molecular complexity index is 626. The van der Waals surface area contributed by atoms with E-state index >= 15 is 0 Å². The number of rotatable bonds is 6. The molecular formula is C19H27ClN4O2. The summed E-state index contributed by atoms with van der Waals surface area (Å²) in [7, 11) is 0. The molecule has 0 unspecified atom stereocenters. The predicted octanol–water partition coefficient (Wildman–Crippen LogP) is 1.91. The Kier molecular flexibility index (Phi) is 6.88. The third-order valence-electron chi connectivity index (χ3n) is 5.09. The van der Waals surface area contributed by atoms with Crippen LogP contribution in [0.2, 0.25) is 5.02 Å². The summed E-state index contributed by atoms with van der Waals surface area (Å²) in [6.07, 6.45) is 2.71. The van der Waals surface area contributed by atoms with Crippen molar-refractivity contribution < 1.29 is 9.59 Å². The highest BCUT2D eigenvalue weighted by atomic mass is 35.5. The summed E-state index contributed by atoms with van der Waals surface area (Å²) in [6.45, 7) is 6.64. The van der Waals surface area contributed by atoms with E-state index in [1.54, 1.807) is 12.1 Å². The minimum atomic E-state index is -0.0234. The van der Waals surface area contributed by atoms with Crippen LogP contribution in [0.5, 0.6) is 0 Å². The topological polar surface area (TPSA) is 55.9 Å². The van der Waals surface area contributed by atoms with Gasteiger partial charge in [0.05, 0.1) is 17.3 Å². The van der Waals surface area contributed by atoms with Gasteiger partial charge in [-0.05, 0) is 25.0 Å². The molecule has 7 heteroatoms. The van der Waals surface area contributed by atoms with Gasteiger partial charge in [-0.25, -0.2) is 0 Å². The zero-order chi connectivity index (χ0) is 18.4. The molecule has 142 valence electrons. The summed E-state index contributed by atoms with van der Waals surface area (Å²) in [5, 5.41) is 3.41. The second-order valence-corrected chi connectivity index (χ2v) is 7.39. The first-order valence-electron chi connectivity index (χ1n) is 9.39. The van der Waals surface area contributed by atoms with E-state index in [-0.39, 0.29) is 11.8 Å². The van der Waals surface area contributed by atoms with Gasteiger partial charge in [0.15, 0.2) is 0 Å². The number of benzene rings is 1. The smallest absolute Gasteiger partial charge is 0.236 e. The molecule has 2 aliphatic rings. The fourth-order valence-corrected chi connectivity index (χ4v) is 3.65. The lowest BCUT2D eigenvalue weighted by atomic mass is 10.2. The maximum Gasteiger partial charge on any atom is 0.236 e. The lowest BCUT2D eigenvalue weighted by Crippen LogP contribution is -2.50. The Morgan fingerprint density at radius 1 is 0.962 bits per heavy atom. The van der Waals surface area contributed by atoms with Crippen LogP contribution in [-0.4, -0.2) is 78.9 Å². The number of nitrogens with one attached hydrogen (secondary N) is 1. The van der Waals surface area contributed by atoms with Crippen molar-refractivity contribution in [2.75, 3.05) is 57.7 Å². The number of amides is 2. The maximum atomic E-state index is 12.2. The molecule has 2 fully saturated rings. The molecule has 0 aliphatic carbocycles. The second kappa shape index (κ2) is 9.35. The van der Waals surface area contributed by atoms with E-state index in [2.05, 4.69) is 15.1 Å². The van der Waals surface area contributed by atoms with Crippen LogP contribution in [0.3, 0.4) is 0 Å². The first-order valence-corrected chi connectivity index (χ1v) is 9.76. The Hall–Kier alpha value is -1.63. The number of piperazine rings is 1. The third kappa shape index (κ3) is 5.43. The number of halogens is 1. The molecule has 0 radical (unpaired) electrons. The number of anilines is 1. The Labute approximate surface area is 160 Å². The fourth-order valence-electron chi connectivity index (χ4n) is 3.46. The Balaban J connectivity index is 1.34. The standard InChI is InChI=1S/C19H27ClN4O2/c20-16-5-1-2-6-17(16)21-18(25)7-10-22-11-13-23(14-12-22)15-19(26)24-8-3-4-9-24/h1-2,5-6H,3-4,7-15H2,(H,21,25). The molecule has 6 nitrogen and oxygen atoms in total. The monoisotopic (exact) mass is 378 g/mol. The fraction of sp³-hybridized carbons (Fsp3) is 0.579. The molecule has 26 heavy (non-hydrogen) atoms. The van der Waals surface area contributed by atoms with Crippen LogP contribution in [0.25, 0.3) is 0 Å². The molecule has 1 N–H and O–H groups in total. The highest BCUT2D eigenvalue weighted by Gasteiger charge is 2.23. The number of likely N-dealkylation sites (tertiary alicyclic amines) is 1. The predicted molar refractivity (Wildman–Crippen MR) is 103 cm³/mol. The summed E-state index contributed by atoms with van der Waals surface area (Å²) < 4.78 is 0. The van der Waals surface area contributed by atoms with Crippen LogP contribution in [0.4, 0.5) is 5.69 Å². The molecule has 2 amide bonds. The van der Waals surface area contributed by atoms with E-state index in [9.17, 15) is 9.59 Å². The van der Waals surface area contributed by atoms with E-state index in [0.29, 0.717) is 23.7 Å². The van der Waals surface area contributed by atoms with E-state index in [1.165, 1.54) is 0 Å². The van der Waals surface area contributed by atoms with E-state index in [1.807, 2.05) is 17.0 Å². The normalized spacial score (nSPS) is 18.9. The number of nitrogens with zero attached hydrogens (tertiary/aromatic N) is 3. The maximum absolute atomic E-state index is 12.2. The summed E-state index contributed by atoms with van der Waals surface area (Å²) >= 11 is 6.06. The summed E-state index contributed by atoms with van der Waals surface area (Å²) in [4.78, 5) is 30.8. The van der Waals surface area contributed by atoms with Crippen molar-refractivity contribution in [2.45, 2.75) is 19.3 Å². The van der Waals surface area contributed by atoms with E-state index < -0.39 is 0 Å². The van der Waals surface area contributed by atoms with Gasteiger partial charge in [-0.15, -0.1) is 0 Å². The molecule has 2 aliphatic heterocycles. The lowest BCUT2D eigenvalue weighted by molar-refractivity contribution is -0.131. The average Bonchev–Trinajstić information content (AvgIpc) is 3.18. The number of hydrogen-bond acceptors (Lipinski definition) is 4. The average molecular weight is 379 g/mol. The molecule has 1 aromatic rings. The van der Waals surface area contributed by atoms with Gasteiger partial charge in [0.2, 0.25) is 11.8 Å². The van der Waals surface area contributed by atoms with E-state index in [0.717, 1.165) is 58.7 Å². The molecule has 0 spiro atoms. The molecule has 1 aromatic carbocycles. The first kappa shape index (κ1) is 19.1. The van der Waals surface area contributed by atoms with Gasteiger partial charge in [0.1, 0.15) is 0 Å². The number of para-hydroxylation sites is 1. The minimum Gasteiger partial charge on any atom is -0.342 e. The minimum absolute atomic E-state index is 0.0234. The molecule has 0 saturated carbocycles. The second-order valence-electron chi connectivity index (χ2n) is 6.98. The van der Waals surface area contributed by atoms with Crippen molar-refractivity contribution in [1.29, 1.82) is 0 Å². The Morgan fingerprint density at radius 3 is 2.31 bits per heavy atom. The largest absolute Gasteiger partial charge is 0.342 e. The van der Waals surface area contributed by atoms with Gasteiger partial charge in [0.25, 0.3) is 0 Å². The van der Waals surface area contributed by atoms with E-state index in [4.69, 9.17) is 11.6 Å². The van der Waals surface area contributed by atoms with Crippen LogP contribution >= 0.6 is 11.6 Å². The van der Waals surface area contributed by atoms with Crippen molar-refractivity contribution in [3.63, 3.8) is 0 Å². The van der Waals surface area contributed by atoms with Gasteiger partial charge >= 0.3 is 0 Å². The molecule has 2 heterocycles. The summed E-state index contributed by atoms with van der Waals surface area (Å²) in [5.41, 5.74) is 0.657. The van der Waals surface area contributed by atoms with Crippen molar-refractivity contribution >= 4 is 29.1 Å². The van der Waals surface area contributed by atoms with Crippen molar-refractivity contribution in [2.24, 2.45) is 0 Å². The summed E-state index contributed by atoms with van der Waals surface area (Å²) in [5.74, 6) is 0.236. The SMILES string of the molecule is O=C(CCN1CCN(CC(=O)N2CCCC2)CC1)Nc1ccccc1Cl. The van der Waals surface area contributed by atoms with Gasteiger partial charge in [-0.2, -0.15) is 0 Å². The van der Waals surface area contributed by atoms with Gasteiger partial charge in [-0.3, -0.25) is 14.5 Å².